The van der Waals surface area contributed by atoms with Crippen LogP contribution in [0.3, 0.4) is 0 Å². The summed E-state index contributed by atoms with van der Waals surface area (Å²) in [6, 6.07) is -0.425. The maximum atomic E-state index is 12.5. The van der Waals surface area contributed by atoms with E-state index in [2.05, 4.69) is 23.2 Å². The van der Waals surface area contributed by atoms with E-state index in [0.29, 0.717) is 6.54 Å². The van der Waals surface area contributed by atoms with Crippen molar-refractivity contribution in [2.24, 2.45) is 0 Å². The second-order valence-corrected chi connectivity index (χ2v) is 6.76. The SMILES string of the molecule is C=CCN(CC=C)S(=O)(=O)c1ncn(C(=O)N(C)CCCC)n1. The zero-order valence-electron chi connectivity index (χ0n) is 13.6. The first-order valence-electron chi connectivity index (χ1n) is 7.27. The minimum Gasteiger partial charge on any atom is -0.326 e. The summed E-state index contributed by atoms with van der Waals surface area (Å²) in [4.78, 5) is 17.4. The second kappa shape index (κ2) is 8.59. The first kappa shape index (κ1) is 19.0. The van der Waals surface area contributed by atoms with E-state index in [1.54, 1.807) is 7.05 Å². The summed E-state index contributed by atoms with van der Waals surface area (Å²) < 4.78 is 27.0. The molecule has 23 heavy (non-hydrogen) atoms. The van der Waals surface area contributed by atoms with E-state index >= 15 is 0 Å². The smallest absolute Gasteiger partial charge is 0.326 e. The van der Waals surface area contributed by atoms with Crippen molar-refractivity contribution in [2.75, 3.05) is 26.7 Å². The Labute approximate surface area is 137 Å². The van der Waals surface area contributed by atoms with E-state index in [1.807, 2.05) is 6.92 Å². The summed E-state index contributed by atoms with van der Waals surface area (Å²) in [5, 5.41) is 3.39. The van der Waals surface area contributed by atoms with Crippen LogP contribution in [0.4, 0.5) is 4.79 Å². The highest BCUT2D eigenvalue weighted by Gasteiger charge is 2.28. The summed E-state index contributed by atoms with van der Waals surface area (Å²) in [5.74, 6) is 0. The third kappa shape index (κ3) is 4.73. The van der Waals surface area contributed by atoms with Gasteiger partial charge in [0, 0.05) is 26.7 Å². The van der Waals surface area contributed by atoms with Gasteiger partial charge in [0.05, 0.1) is 0 Å². The van der Waals surface area contributed by atoms with E-state index in [4.69, 9.17) is 0 Å². The standard InChI is InChI=1S/C14H23N5O3S/c1-5-8-11-17(4)14(20)19-12-15-13(16-19)23(21,22)18(9-6-2)10-7-3/h6-7,12H,2-3,5,8-11H2,1,4H3. The van der Waals surface area contributed by atoms with E-state index in [9.17, 15) is 13.2 Å². The number of nitrogens with zero attached hydrogens (tertiary/aromatic N) is 5. The van der Waals surface area contributed by atoms with Gasteiger partial charge in [0.25, 0.3) is 15.2 Å². The molecule has 0 aromatic carbocycles. The summed E-state index contributed by atoms with van der Waals surface area (Å²) in [7, 11) is -2.27. The molecule has 0 aliphatic heterocycles. The van der Waals surface area contributed by atoms with Gasteiger partial charge in [0.1, 0.15) is 6.33 Å². The van der Waals surface area contributed by atoms with Crippen molar-refractivity contribution in [3.05, 3.63) is 31.6 Å². The molecule has 0 saturated heterocycles. The molecule has 0 bridgehead atoms. The van der Waals surface area contributed by atoms with Crippen molar-refractivity contribution in [3.8, 4) is 0 Å². The highest BCUT2D eigenvalue weighted by molar-refractivity contribution is 7.89. The minimum absolute atomic E-state index is 0.104. The van der Waals surface area contributed by atoms with Gasteiger partial charge in [-0.2, -0.15) is 8.99 Å². The molecule has 0 saturated carbocycles. The fraction of sp³-hybridized carbons (Fsp3) is 0.500. The van der Waals surface area contributed by atoms with Crippen LogP contribution in [0, 0.1) is 0 Å². The molecule has 0 fully saturated rings. The van der Waals surface area contributed by atoms with Crippen LogP contribution >= 0.6 is 0 Å². The topological polar surface area (TPSA) is 88.4 Å². The van der Waals surface area contributed by atoms with E-state index in [1.165, 1.54) is 17.1 Å². The van der Waals surface area contributed by atoms with Crippen molar-refractivity contribution >= 4 is 16.1 Å². The Bertz CT molecular complexity index is 643. The molecule has 0 atom stereocenters. The van der Waals surface area contributed by atoms with Gasteiger partial charge in [-0.05, 0) is 6.42 Å². The van der Waals surface area contributed by atoms with Crippen LogP contribution < -0.4 is 0 Å². The van der Waals surface area contributed by atoms with Crippen LogP contribution in [-0.2, 0) is 10.0 Å². The van der Waals surface area contributed by atoms with Crippen LogP contribution in [0.1, 0.15) is 19.8 Å². The lowest BCUT2D eigenvalue weighted by Crippen LogP contribution is -2.34. The zero-order chi connectivity index (χ0) is 17.5. The summed E-state index contributed by atoms with van der Waals surface area (Å²) in [6.45, 7) is 9.85. The number of unbranched alkanes of at least 4 members (excludes halogenated alkanes) is 1. The van der Waals surface area contributed by atoms with Gasteiger partial charge in [0.15, 0.2) is 0 Å². The fourth-order valence-electron chi connectivity index (χ4n) is 1.80. The molecule has 0 N–H and O–H groups in total. The molecule has 1 aromatic heterocycles. The van der Waals surface area contributed by atoms with Crippen LogP contribution in [0.5, 0.6) is 0 Å². The predicted molar refractivity (Wildman–Crippen MR) is 87.5 cm³/mol. The maximum Gasteiger partial charge on any atom is 0.345 e. The number of sulfonamides is 1. The molecule has 1 rings (SSSR count). The van der Waals surface area contributed by atoms with Crippen molar-refractivity contribution in [3.63, 3.8) is 0 Å². The molecule has 8 nitrogen and oxygen atoms in total. The molecule has 0 aliphatic carbocycles. The Hall–Kier alpha value is -2.00. The van der Waals surface area contributed by atoms with Crippen molar-refractivity contribution in [1.29, 1.82) is 0 Å². The van der Waals surface area contributed by atoms with Gasteiger partial charge in [-0.25, -0.2) is 18.2 Å². The Balaban J connectivity index is 2.99. The fourth-order valence-corrected chi connectivity index (χ4v) is 3.00. The Morgan fingerprint density at radius 2 is 1.96 bits per heavy atom. The molecular weight excluding hydrogens is 318 g/mol. The van der Waals surface area contributed by atoms with Gasteiger partial charge < -0.3 is 4.90 Å². The molecule has 9 heteroatoms. The average Bonchev–Trinajstić information content (AvgIpc) is 3.02. The van der Waals surface area contributed by atoms with E-state index in [-0.39, 0.29) is 13.1 Å². The number of carbonyl (C=O) groups is 1. The van der Waals surface area contributed by atoms with Crippen LogP contribution in [0.15, 0.2) is 36.8 Å². The molecule has 0 unspecified atom stereocenters. The lowest BCUT2D eigenvalue weighted by molar-refractivity contribution is 0.206. The molecule has 1 aromatic rings. The summed E-state index contributed by atoms with van der Waals surface area (Å²) >= 11 is 0. The van der Waals surface area contributed by atoms with Crippen LogP contribution in [0.25, 0.3) is 0 Å². The number of aromatic nitrogens is 3. The Morgan fingerprint density at radius 3 is 2.48 bits per heavy atom. The lowest BCUT2D eigenvalue weighted by atomic mass is 10.3. The predicted octanol–water partition coefficient (Wildman–Crippen LogP) is 1.34. The van der Waals surface area contributed by atoms with Gasteiger partial charge >= 0.3 is 6.03 Å². The van der Waals surface area contributed by atoms with Crippen LogP contribution in [-0.4, -0.2) is 65.1 Å². The first-order valence-corrected chi connectivity index (χ1v) is 8.71. The van der Waals surface area contributed by atoms with Crippen molar-refractivity contribution < 1.29 is 13.2 Å². The molecular formula is C14H23N5O3S. The molecule has 1 amide bonds. The highest BCUT2D eigenvalue weighted by atomic mass is 32.2. The lowest BCUT2D eigenvalue weighted by Gasteiger charge is -2.17. The molecule has 0 aliphatic rings. The Kier molecular flexibility index (Phi) is 7.11. The number of hydrogen-bond acceptors (Lipinski definition) is 5. The first-order chi connectivity index (χ1) is 10.9. The second-order valence-electron chi connectivity index (χ2n) is 4.93. The zero-order valence-corrected chi connectivity index (χ0v) is 14.4. The van der Waals surface area contributed by atoms with Crippen LogP contribution in [0.2, 0.25) is 0 Å². The van der Waals surface area contributed by atoms with Crippen molar-refractivity contribution in [2.45, 2.75) is 24.9 Å². The molecule has 128 valence electrons. The number of hydrogen-bond donors (Lipinski definition) is 0. The third-order valence-electron chi connectivity index (χ3n) is 3.08. The normalized spacial score (nSPS) is 11.4. The Morgan fingerprint density at radius 1 is 1.35 bits per heavy atom. The monoisotopic (exact) mass is 341 g/mol. The minimum atomic E-state index is -3.90. The largest absolute Gasteiger partial charge is 0.345 e. The maximum absolute atomic E-state index is 12.5. The number of rotatable bonds is 9. The van der Waals surface area contributed by atoms with E-state index in [0.717, 1.165) is 28.2 Å². The summed E-state index contributed by atoms with van der Waals surface area (Å²) in [6.07, 6.45) is 5.84. The van der Waals surface area contributed by atoms with E-state index < -0.39 is 21.2 Å². The third-order valence-corrected chi connectivity index (χ3v) is 4.70. The van der Waals surface area contributed by atoms with Gasteiger partial charge in [-0.3, -0.25) is 0 Å². The average molecular weight is 341 g/mol. The van der Waals surface area contributed by atoms with Gasteiger partial charge in [0.2, 0.25) is 0 Å². The van der Waals surface area contributed by atoms with Gasteiger partial charge in [-0.15, -0.1) is 18.3 Å². The number of amides is 1. The van der Waals surface area contributed by atoms with Crippen molar-refractivity contribution in [1.82, 2.24) is 24.0 Å². The number of carbonyl (C=O) groups excluding carboxylic acids is 1. The molecule has 1 heterocycles. The molecule has 0 spiro atoms. The van der Waals surface area contributed by atoms with Gasteiger partial charge in [-0.1, -0.05) is 25.5 Å². The molecule has 0 radical (unpaired) electrons. The highest BCUT2D eigenvalue weighted by Crippen LogP contribution is 2.11. The summed E-state index contributed by atoms with van der Waals surface area (Å²) in [5.41, 5.74) is 0. The quantitative estimate of drug-likeness (QED) is 0.633.